The number of rotatable bonds is 4. The second-order valence-electron chi connectivity index (χ2n) is 6.69. The molecule has 1 saturated heterocycles. The van der Waals surface area contributed by atoms with Gasteiger partial charge in [-0.3, -0.25) is 9.59 Å². The number of nitrogens with zero attached hydrogens (tertiary/aromatic N) is 1. The van der Waals surface area contributed by atoms with Gasteiger partial charge in [-0.1, -0.05) is 0 Å². The lowest BCUT2D eigenvalue weighted by molar-refractivity contribution is -0.130. The Bertz CT molecular complexity index is 714. The molecule has 6 heteroatoms. The second kappa shape index (κ2) is 7.17. The number of methoxy groups -OCH3 is 1. The summed E-state index contributed by atoms with van der Waals surface area (Å²) in [5, 5.41) is 0. The number of fused-ring (bicyclic) bond motifs is 1. The van der Waals surface area contributed by atoms with Crippen LogP contribution in [0, 0.1) is 5.92 Å². The molecule has 0 saturated carbocycles. The van der Waals surface area contributed by atoms with Crippen molar-refractivity contribution < 1.29 is 19.1 Å². The van der Waals surface area contributed by atoms with E-state index < -0.39 is 0 Å². The van der Waals surface area contributed by atoms with Crippen molar-refractivity contribution in [2.45, 2.75) is 32.3 Å². The van der Waals surface area contributed by atoms with Gasteiger partial charge in [0.05, 0.1) is 13.0 Å². The van der Waals surface area contributed by atoms with Gasteiger partial charge in [0.15, 0.2) is 0 Å². The van der Waals surface area contributed by atoms with Crippen LogP contribution in [0.3, 0.4) is 0 Å². The number of likely N-dealkylation sites (tertiary alicyclic amines) is 1. The number of ether oxygens (including phenoxy) is 2. The van der Waals surface area contributed by atoms with Crippen molar-refractivity contribution in [1.82, 2.24) is 4.90 Å². The SMILES string of the molecule is COc1cc2c(cc1/C=C/C(=O)N1CCC[C@@H](C(N)=O)C1)O[C@H](C)C2. The molecule has 2 amide bonds. The van der Waals surface area contributed by atoms with Gasteiger partial charge < -0.3 is 20.1 Å². The monoisotopic (exact) mass is 344 g/mol. The zero-order valence-corrected chi connectivity index (χ0v) is 14.7. The Balaban J connectivity index is 1.74. The van der Waals surface area contributed by atoms with Crippen LogP contribution in [-0.2, 0) is 16.0 Å². The summed E-state index contributed by atoms with van der Waals surface area (Å²) in [6, 6.07) is 3.87. The molecule has 2 aliphatic heterocycles. The lowest BCUT2D eigenvalue weighted by Crippen LogP contribution is -2.43. The van der Waals surface area contributed by atoms with Gasteiger partial charge in [-0.2, -0.15) is 0 Å². The Morgan fingerprint density at radius 3 is 2.92 bits per heavy atom. The van der Waals surface area contributed by atoms with E-state index in [0.717, 1.165) is 36.1 Å². The highest BCUT2D eigenvalue weighted by molar-refractivity contribution is 5.92. The van der Waals surface area contributed by atoms with Gasteiger partial charge in [-0.05, 0) is 38.0 Å². The first kappa shape index (κ1) is 17.3. The van der Waals surface area contributed by atoms with E-state index in [1.807, 2.05) is 19.1 Å². The smallest absolute Gasteiger partial charge is 0.246 e. The standard InChI is InChI=1S/C19H24N2O4/c1-12-8-15-10-16(24-2)13(9-17(15)25-12)5-6-18(22)21-7-3-4-14(11-21)19(20)23/h5-6,9-10,12,14H,3-4,7-8,11H2,1-2H3,(H2,20,23)/b6-5+/t12-,14-/m1/s1. The first-order chi connectivity index (χ1) is 12.0. The summed E-state index contributed by atoms with van der Waals surface area (Å²) in [7, 11) is 1.61. The molecule has 2 heterocycles. The number of carbonyl (C=O) groups is 2. The lowest BCUT2D eigenvalue weighted by Gasteiger charge is -2.30. The van der Waals surface area contributed by atoms with Crippen LogP contribution in [0.5, 0.6) is 11.5 Å². The third-order valence-electron chi connectivity index (χ3n) is 4.79. The molecule has 25 heavy (non-hydrogen) atoms. The number of piperidine rings is 1. The van der Waals surface area contributed by atoms with Gasteiger partial charge in [0.2, 0.25) is 11.8 Å². The molecular formula is C19H24N2O4. The van der Waals surface area contributed by atoms with Crippen LogP contribution in [0.2, 0.25) is 0 Å². The maximum Gasteiger partial charge on any atom is 0.246 e. The highest BCUT2D eigenvalue weighted by atomic mass is 16.5. The first-order valence-electron chi connectivity index (χ1n) is 8.61. The Hall–Kier alpha value is -2.50. The van der Waals surface area contributed by atoms with Gasteiger partial charge in [-0.15, -0.1) is 0 Å². The Labute approximate surface area is 147 Å². The van der Waals surface area contributed by atoms with Crippen LogP contribution in [-0.4, -0.2) is 43.0 Å². The molecule has 0 radical (unpaired) electrons. The molecule has 0 spiro atoms. The third-order valence-corrected chi connectivity index (χ3v) is 4.79. The van der Waals surface area contributed by atoms with Gasteiger partial charge in [-0.25, -0.2) is 0 Å². The molecule has 1 fully saturated rings. The zero-order valence-electron chi connectivity index (χ0n) is 14.7. The molecule has 3 rings (SSSR count). The van der Waals surface area contributed by atoms with Crippen LogP contribution >= 0.6 is 0 Å². The van der Waals surface area contributed by atoms with E-state index in [1.54, 1.807) is 18.1 Å². The quantitative estimate of drug-likeness (QED) is 0.844. The largest absolute Gasteiger partial charge is 0.496 e. The maximum absolute atomic E-state index is 12.4. The Kier molecular flexibility index (Phi) is 4.97. The first-order valence-corrected chi connectivity index (χ1v) is 8.61. The molecule has 0 aromatic heterocycles. The number of hydrogen-bond donors (Lipinski definition) is 1. The van der Waals surface area contributed by atoms with Crippen molar-refractivity contribution in [2.75, 3.05) is 20.2 Å². The molecule has 0 bridgehead atoms. The lowest BCUT2D eigenvalue weighted by atomic mass is 9.97. The minimum Gasteiger partial charge on any atom is -0.496 e. The van der Waals surface area contributed by atoms with Gasteiger partial charge >= 0.3 is 0 Å². The summed E-state index contributed by atoms with van der Waals surface area (Å²) in [5.41, 5.74) is 7.29. The van der Waals surface area contributed by atoms with E-state index in [0.29, 0.717) is 18.8 Å². The van der Waals surface area contributed by atoms with Gasteiger partial charge in [0.25, 0.3) is 0 Å². The number of hydrogen-bond acceptors (Lipinski definition) is 4. The molecule has 0 unspecified atom stereocenters. The summed E-state index contributed by atoms with van der Waals surface area (Å²) < 4.78 is 11.2. The van der Waals surface area contributed by atoms with Crippen LogP contribution < -0.4 is 15.2 Å². The van der Waals surface area contributed by atoms with Crippen molar-refractivity contribution in [1.29, 1.82) is 0 Å². The van der Waals surface area contributed by atoms with Crippen LogP contribution in [0.1, 0.15) is 30.9 Å². The molecular weight excluding hydrogens is 320 g/mol. The average molecular weight is 344 g/mol. The average Bonchev–Trinajstić information content (AvgIpc) is 2.97. The molecule has 2 N–H and O–H groups in total. The van der Waals surface area contributed by atoms with E-state index in [2.05, 4.69) is 0 Å². The normalized spacial score (nSPS) is 22.6. The summed E-state index contributed by atoms with van der Waals surface area (Å²) >= 11 is 0. The molecule has 2 atom stereocenters. The minimum atomic E-state index is -0.340. The summed E-state index contributed by atoms with van der Waals surface area (Å²) in [5.74, 6) is 0.840. The summed E-state index contributed by atoms with van der Waals surface area (Å²) in [6.07, 6.45) is 5.81. The van der Waals surface area contributed by atoms with Crippen molar-refractivity contribution in [2.24, 2.45) is 11.7 Å². The van der Waals surface area contributed by atoms with E-state index in [1.165, 1.54) is 6.08 Å². The minimum absolute atomic E-state index is 0.122. The van der Waals surface area contributed by atoms with Crippen LogP contribution in [0.25, 0.3) is 6.08 Å². The molecule has 0 aliphatic carbocycles. The van der Waals surface area contributed by atoms with Crippen molar-refractivity contribution >= 4 is 17.9 Å². The van der Waals surface area contributed by atoms with E-state index >= 15 is 0 Å². The predicted molar refractivity (Wildman–Crippen MR) is 94.3 cm³/mol. The molecule has 1 aromatic rings. The molecule has 134 valence electrons. The molecule has 6 nitrogen and oxygen atoms in total. The molecule has 2 aliphatic rings. The fraction of sp³-hybridized carbons (Fsp3) is 0.474. The number of primary amides is 1. The van der Waals surface area contributed by atoms with E-state index in [-0.39, 0.29) is 23.8 Å². The topological polar surface area (TPSA) is 81.9 Å². The highest BCUT2D eigenvalue weighted by Gasteiger charge is 2.26. The Morgan fingerprint density at radius 2 is 2.20 bits per heavy atom. The zero-order chi connectivity index (χ0) is 18.0. The summed E-state index contributed by atoms with van der Waals surface area (Å²) in [4.78, 5) is 25.5. The van der Waals surface area contributed by atoms with E-state index in [9.17, 15) is 9.59 Å². The number of amides is 2. The molecule has 1 aromatic carbocycles. The van der Waals surface area contributed by atoms with Crippen LogP contribution in [0.4, 0.5) is 0 Å². The second-order valence-corrected chi connectivity index (χ2v) is 6.69. The van der Waals surface area contributed by atoms with Crippen molar-refractivity contribution in [3.05, 3.63) is 29.3 Å². The number of nitrogens with two attached hydrogens (primary N) is 1. The van der Waals surface area contributed by atoms with Crippen molar-refractivity contribution in [3.63, 3.8) is 0 Å². The van der Waals surface area contributed by atoms with Crippen LogP contribution in [0.15, 0.2) is 18.2 Å². The van der Waals surface area contributed by atoms with Crippen molar-refractivity contribution in [3.8, 4) is 11.5 Å². The van der Waals surface area contributed by atoms with E-state index in [4.69, 9.17) is 15.2 Å². The highest BCUT2D eigenvalue weighted by Crippen LogP contribution is 2.35. The number of carbonyl (C=O) groups excluding carboxylic acids is 2. The van der Waals surface area contributed by atoms with Gasteiger partial charge in [0, 0.05) is 36.7 Å². The fourth-order valence-corrected chi connectivity index (χ4v) is 3.44. The third kappa shape index (κ3) is 3.78. The number of benzene rings is 1. The fourth-order valence-electron chi connectivity index (χ4n) is 3.44. The summed E-state index contributed by atoms with van der Waals surface area (Å²) in [6.45, 7) is 3.06. The predicted octanol–water partition coefficient (Wildman–Crippen LogP) is 1.76. The maximum atomic E-state index is 12.4. The van der Waals surface area contributed by atoms with Gasteiger partial charge in [0.1, 0.15) is 17.6 Å². The Morgan fingerprint density at radius 1 is 1.40 bits per heavy atom.